The maximum absolute atomic E-state index is 12.1. The predicted octanol–water partition coefficient (Wildman–Crippen LogP) is 5.72. The topological polar surface area (TPSA) is 18.5 Å². The van der Waals surface area contributed by atoms with Crippen molar-refractivity contribution in [1.29, 1.82) is 0 Å². The number of alkyl halides is 3. The van der Waals surface area contributed by atoms with Gasteiger partial charge in [-0.2, -0.15) is 0 Å². The molecule has 0 aliphatic heterocycles. The number of ether oxygens (including phenoxy) is 2. The van der Waals surface area contributed by atoms with E-state index in [9.17, 15) is 13.2 Å². The molecular formula is C17H17F3O2. The first-order chi connectivity index (χ1) is 10.5. The van der Waals surface area contributed by atoms with Gasteiger partial charge in [0.25, 0.3) is 0 Å². The lowest BCUT2D eigenvalue weighted by Gasteiger charge is -2.10. The molecule has 0 aromatic heterocycles. The van der Waals surface area contributed by atoms with Gasteiger partial charge < -0.3 is 9.47 Å². The molecule has 0 aliphatic carbocycles. The van der Waals surface area contributed by atoms with Gasteiger partial charge in [0.15, 0.2) is 0 Å². The van der Waals surface area contributed by atoms with E-state index in [1.165, 1.54) is 29.8 Å². The molecule has 0 N–H and O–H groups in total. The summed E-state index contributed by atoms with van der Waals surface area (Å²) in [5.41, 5.74) is 1.24. The van der Waals surface area contributed by atoms with Gasteiger partial charge in [-0.25, -0.2) is 0 Å². The molecule has 0 radical (unpaired) electrons. The Bertz CT molecular complexity index is 574. The van der Waals surface area contributed by atoms with Gasteiger partial charge in [-0.15, -0.1) is 13.2 Å². The minimum atomic E-state index is -4.68. The first kappa shape index (κ1) is 16.2. The standard InChI is InChI=1S/C17H17F3O2/c1-2-3-4-13-5-7-14(8-6-13)21-15-9-11-16(12-10-15)22-17(18,19)20/h5-12H,2-4H2,1H3. The highest BCUT2D eigenvalue weighted by Gasteiger charge is 2.30. The van der Waals surface area contributed by atoms with E-state index in [1.807, 2.05) is 24.3 Å². The summed E-state index contributed by atoms with van der Waals surface area (Å²) in [5, 5.41) is 0. The Labute approximate surface area is 127 Å². The fourth-order valence-electron chi connectivity index (χ4n) is 1.95. The normalized spacial score (nSPS) is 11.3. The van der Waals surface area contributed by atoms with Crippen molar-refractivity contribution in [3.05, 3.63) is 54.1 Å². The smallest absolute Gasteiger partial charge is 0.457 e. The first-order valence-corrected chi connectivity index (χ1v) is 7.09. The van der Waals surface area contributed by atoms with E-state index in [0.29, 0.717) is 11.5 Å². The van der Waals surface area contributed by atoms with Crippen molar-refractivity contribution in [3.8, 4) is 17.2 Å². The van der Waals surface area contributed by atoms with E-state index >= 15 is 0 Å². The van der Waals surface area contributed by atoms with Crippen molar-refractivity contribution in [2.75, 3.05) is 0 Å². The lowest BCUT2D eigenvalue weighted by atomic mass is 10.1. The zero-order valence-corrected chi connectivity index (χ0v) is 12.2. The highest BCUT2D eigenvalue weighted by atomic mass is 19.4. The third-order valence-electron chi connectivity index (χ3n) is 3.04. The first-order valence-electron chi connectivity index (χ1n) is 7.09. The summed E-state index contributed by atoms with van der Waals surface area (Å²) in [7, 11) is 0. The van der Waals surface area contributed by atoms with Crippen LogP contribution in [0.4, 0.5) is 13.2 Å². The number of aryl methyl sites for hydroxylation is 1. The van der Waals surface area contributed by atoms with Gasteiger partial charge in [-0.3, -0.25) is 0 Å². The molecule has 0 amide bonds. The Hall–Kier alpha value is -2.17. The van der Waals surface area contributed by atoms with E-state index in [1.54, 1.807) is 0 Å². The average molecular weight is 310 g/mol. The number of unbranched alkanes of at least 4 members (excludes halogenated alkanes) is 1. The van der Waals surface area contributed by atoms with E-state index in [4.69, 9.17) is 4.74 Å². The summed E-state index contributed by atoms with van der Waals surface area (Å²) >= 11 is 0. The number of hydrogen-bond acceptors (Lipinski definition) is 2. The van der Waals surface area contributed by atoms with Crippen LogP contribution in [0.15, 0.2) is 48.5 Å². The molecule has 22 heavy (non-hydrogen) atoms. The second-order valence-electron chi connectivity index (χ2n) is 4.87. The highest BCUT2D eigenvalue weighted by molar-refractivity contribution is 5.36. The van der Waals surface area contributed by atoms with Crippen LogP contribution < -0.4 is 9.47 Å². The second kappa shape index (κ2) is 7.20. The van der Waals surface area contributed by atoms with Crippen molar-refractivity contribution >= 4 is 0 Å². The Kier molecular flexibility index (Phi) is 5.31. The molecule has 0 saturated carbocycles. The van der Waals surface area contributed by atoms with Gasteiger partial charge in [0.05, 0.1) is 0 Å². The molecule has 0 aliphatic rings. The summed E-state index contributed by atoms with van der Waals surface area (Å²) in [4.78, 5) is 0. The fourth-order valence-corrected chi connectivity index (χ4v) is 1.95. The van der Waals surface area contributed by atoms with Crippen LogP contribution in [-0.4, -0.2) is 6.36 Å². The van der Waals surface area contributed by atoms with Gasteiger partial charge in [0.2, 0.25) is 0 Å². The lowest BCUT2D eigenvalue weighted by Crippen LogP contribution is -2.16. The molecule has 0 atom stereocenters. The summed E-state index contributed by atoms with van der Waals surface area (Å²) in [6, 6.07) is 13.0. The third-order valence-corrected chi connectivity index (χ3v) is 3.04. The maximum Gasteiger partial charge on any atom is 0.573 e. The summed E-state index contributed by atoms with van der Waals surface area (Å²) < 4.78 is 45.6. The van der Waals surface area contributed by atoms with Crippen LogP contribution in [-0.2, 0) is 6.42 Å². The maximum atomic E-state index is 12.1. The van der Waals surface area contributed by atoms with E-state index < -0.39 is 6.36 Å². The molecule has 2 aromatic rings. The highest BCUT2D eigenvalue weighted by Crippen LogP contribution is 2.27. The van der Waals surface area contributed by atoms with Gasteiger partial charge in [-0.05, 0) is 54.8 Å². The number of rotatable bonds is 6. The third kappa shape index (κ3) is 5.31. The van der Waals surface area contributed by atoms with Crippen LogP contribution in [0, 0.1) is 0 Å². The van der Waals surface area contributed by atoms with E-state index in [-0.39, 0.29) is 5.75 Å². The molecule has 0 fully saturated rings. The number of halogens is 3. The molecule has 0 unspecified atom stereocenters. The van der Waals surface area contributed by atoms with Crippen LogP contribution in [0.25, 0.3) is 0 Å². The predicted molar refractivity (Wildman–Crippen MR) is 78.3 cm³/mol. The van der Waals surface area contributed by atoms with Crippen LogP contribution in [0.3, 0.4) is 0 Å². The molecule has 2 aromatic carbocycles. The molecule has 2 rings (SSSR count). The van der Waals surface area contributed by atoms with Crippen molar-refractivity contribution < 1.29 is 22.6 Å². The number of benzene rings is 2. The summed E-state index contributed by atoms with van der Waals surface area (Å²) in [6.07, 6.45) is -1.37. The minimum Gasteiger partial charge on any atom is -0.457 e. The molecule has 0 saturated heterocycles. The van der Waals surface area contributed by atoms with Crippen LogP contribution >= 0.6 is 0 Å². The molecule has 118 valence electrons. The monoisotopic (exact) mass is 310 g/mol. The molecule has 2 nitrogen and oxygen atoms in total. The molecule has 0 spiro atoms. The zero-order chi connectivity index (χ0) is 16.0. The largest absolute Gasteiger partial charge is 0.573 e. The van der Waals surface area contributed by atoms with Crippen molar-refractivity contribution in [1.82, 2.24) is 0 Å². The summed E-state index contributed by atoms with van der Waals surface area (Å²) in [5.74, 6) is 0.829. The fraction of sp³-hybridized carbons (Fsp3) is 0.294. The lowest BCUT2D eigenvalue weighted by molar-refractivity contribution is -0.274. The van der Waals surface area contributed by atoms with Gasteiger partial charge >= 0.3 is 6.36 Å². The minimum absolute atomic E-state index is 0.269. The van der Waals surface area contributed by atoms with Crippen molar-refractivity contribution in [2.45, 2.75) is 32.5 Å². The Morgan fingerprint density at radius 3 is 1.82 bits per heavy atom. The number of hydrogen-bond donors (Lipinski definition) is 0. The van der Waals surface area contributed by atoms with Crippen LogP contribution in [0.1, 0.15) is 25.3 Å². The van der Waals surface area contributed by atoms with E-state index in [2.05, 4.69) is 11.7 Å². The van der Waals surface area contributed by atoms with Crippen molar-refractivity contribution in [2.24, 2.45) is 0 Å². The SMILES string of the molecule is CCCCc1ccc(Oc2ccc(OC(F)(F)F)cc2)cc1. The molecule has 5 heteroatoms. The Balaban J connectivity index is 1.95. The van der Waals surface area contributed by atoms with Crippen LogP contribution in [0.2, 0.25) is 0 Å². The quantitative estimate of drug-likeness (QED) is 0.679. The zero-order valence-electron chi connectivity index (χ0n) is 12.2. The second-order valence-corrected chi connectivity index (χ2v) is 4.87. The molecular weight excluding hydrogens is 293 g/mol. The Morgan fingerprint density at radius 1 is 0.818 bits per heavy atom. The van der Waals surface area contributed by atoms with E-state index in [0.717, 1.165) is 19.3 Å². The van der Waals surface area contributed by atoms with Gasteiger partial charge in [-0.1, -0.05) is 25.5 Å². The average Bonchev–Trinajstić information content (AvgIpc) is 2.47. The van der Waals surface area contributed by atoms with Crippen LogP contribution in [0.5, 0.6) is 17.2 Å². The Morgan fingerprint density at radius 2 is 1.32 bits per heavy atom. The van der Waals surface area contributed by atoms with Gasteiger partial charge in [0.1, 0.15) is 17.2 Å². The molecule has 0 bridgehead atoms. The molecule has 0 heterocycles. The van der Waals surface area contributed by atoms with Crippen molar-refractivity contribution in [3.63, 3.8) is 0 Å². The van der Waals surface area contributed by atoms with Gasteiger partial charge in [0, 0.05) is 0 Å². The summed E-state index contributed by atoms with van der Waals surface area (Å²) in [6.45, 7) is 2.14.